The van der Waals surface area contributed by atoms with Gasteiger partial charge in [-0.15, -0.1) is 0 Å². The number of likely N-dealkylation sites (tertiary alicyclic amines) is 1. The zero-order valence-electron chi connectivity index (χ0n) is 45.4. The number of nitrogens with one attached hydrogen (secondary N) is 2. The molecule has 3 fully saturated rings. The molecule has 81 heavy (non-hydrogen) atoms. The second kappa shape index (κ2) is 25.5. The number of amides is 2. The van der Waals surface area contributed by atoms with Crippen LogP contribution in [-0.4, -0.2) is 152 Å². The Hall–Kier alpha value is -6.81. The van der Waals surface area contributed by atoms with Crippen molar-refractivity contribution in [2.45, 2.75) is 102 Å². The van der Waals surface area contributed by atoms with Crippen molar-refractivity contribution < 1.29 is 78.0 Å². The number of fused-ring (bicyclic) bond motifs is 2. The number of Topliss-reactive ketones (excluding diaryl/α,β-unsaturated/α-hetero) is 1. The quantitative estimate of drug-likeness (QED) is 0.0301. The molecule has 7 rings (SSSR count). The van der Waals surface area contributed by atoms with Gasteiger partial charge in [0, 0.05) is 73.1 Å². The Bertz CT molecular complexity index is 2910. The fourth-order valence-electron chi connectivity index (χ4n) is 10.3. The molecule has 0 aliphatic carbocycles. The lowest BCUT2D eigenvalue weighted by Gasteiger charge is -2.42. The van der Waals surface area contributed by atoms with Gasteiger partial charge in [0.15, 0.2) is 5.78 Å². The zero-order chi connectivity index (χ0) is 59.2. The molecule has 2 bridgehead atoms. The highest BCUT2D eigenvalue weighted by Crippen LogP contribution is 2.46. The maximum Gasteiger partial charge on any atom is 0.407 e. The van der Waals surface area contributed by atoms with Crippen molar-refractivity contribution in [2.75, 3.05) is 65.2 Å². The summed E-state index contributed by atoms with van der Waals surface area (Å²) in [6.07, 6.45) is -12.2. The predicted molar refractivity (Wildman–Crippen MR) is 277 cm³/mol. The van der Waals surface area contributed by atoms with Crippen LogP contribution < -0.4 is 15.5 Å². The summed E-state index contributed by atoms with van der Waals surface area (Å²) in [5, 5.41) is 16.5. The smallest absolute Gasteiger partial charge is 0.407 e. The predicted octanol–water partition coefficient (Wildman–Crippen LogP) is 7.80. The number of pyridine rings is 2. The first-order valence-electron chi connectivity index (χ1n) is 26.1. The van der Waals surface area contributed by atoms with Crippen LogP contribution in [0.5, 0.6) is 0 Å². The van der Waals surface area contributed by atoms with Crippen LogP contribution in [0.4, 0.5) is 50.1 Å². The molecule has 0 radical (unpaired) electrons. The Morgan fingerprint density at radius 3 is 2.00 bits per heavy atom. The molecule has 438 valence electrons. The molecule has 4 aromatic rings. The molecule has 2 aromatic carbocycles. The molecule has 3 aliphatic heterocycles. The summed E-state index contributed by atoms with van der Waals surface area (Å²) in [6.45, 7) is 4.30. The van der Waals surface area contributed by atoms with E-state index in [-0.39, 0.29) is 17.7 Å². The number of aromatic nitrogens is 2. The lowest BCUT2D eigenvalue weighted by molar-refractivity contribution is -0.230. The number of aliphatic hydroxyl groups excluding tert-OH is 1. The summed E-state index contributed by atoms with van der Waals surface area (Å²) < 4.78 is 147. The lowest BCUT2D eigenvalue weighted by atomic mass is 9.75. The van der Waals surface area contributed by atoms with Crippen LogP contribution >= 0.6 is 0 Å². The van der Waals surface area contributed by atoms with Crippen molar-refractivity contribution in [2.24, 2.45) is 22.7 Å². The van der Waals surface area contributed by atoms with E-state index in [1.54, 1.807) is 30.5 Å². The maximum absolute atomic E-state index is 15.8. The highest BCUT2D eigenvalue weighted by atomic mass is 19.4. The van der Waals surface area contributed by atoms with Crippen LogP contribution in [0.2, 0.25) is 0 Å². The lowest BCUT2D eigenvalue weighted by Crippen LogP contribution is -2.56. The fraction of sp³-hybridized carbons (Fsp3) is 0.509. The molecule has 24 heteroatoms. The number of esters is 1. The van der Waals surface area contributed by atoms with Gasteiger partial charge in [-0.25, -0.2) is 22.9 Å². The van der Waals surface area contributed by atoms with Crippen molar-refractivity contribution in [3.8, 4) is 23.1 Å². The topological polar surface area (TPSA) is 176 Å². The third-order valence-electron chi connectivity index (χ3n) is 15.7. The number of nitrogens with zero attached hydrogens (tertiary/aromatic N) is 5. The number of carbonyl (C=O) groups is 4. The van der Waals surface area contributed by atoms with Crippen molar-refractivity contribution in [1.29, 1.82) is 0 Å². The normalized spacial score (nSPS) is 18.3. The highest BCUT2D eigenvalue weighted by Gasteiger charge is 2.57. The van der Waals surface area contributed by atoms with Crippen molar-refractivity contribution in [3.63, 3.8) is 0 Å². The van der Waals surface area contributed by atoms with Crippen LogP contribution in [0.25, 0.3) is 11.3 Å². The largest absolute Gasteiger partial charge is 0.469 e. The Morgan fingerprint density at radius 2 is 1.46 bits per heavy atom. The number of piperazine rings is 1. The second-order valence-corrected chi connectivity index (χ2v) is 21.8. The summed E-state index contributed by atoms with van der Waals surface area (Å²) in [7, 11) is 1.80. The minimum atomic E-state index is -5.07. The van der Waals surface area contributed by atoms with E-state index in [0.717, 1.165) is 77.2 Å². The molecule has 3 saturated heterocycles. The average molecular weight is 1150 g/mol. The van der Waals surface area contributed by atoms with Crippen LogP contribution in [0.15, 0.2) is 73.1 Å². The number of aliphatic hydroxyl groups is 1. The van der Waals surface area contributed by atoms with Gasteiger partial charge in [0.2, 0.25) is 5.91 Å². The molecule has 3 aliphatic rings. The molecular formula is C57H64F9N7O8. The first-order chi connectivity index (χ1) is 38.1. The third-order valence-corrected chi connectivity index (χ3v) is 15.7. The van der Waals surface area contributed by atoms with Gasteiger partial charge in [-0.2, -0.15) is 26.3 Å². The van der Waals surface area contributed by atoms with E-state index in [1.807, 2.05) is 17.4 Å². The first-order valence-corrected chi connectivity index (χ1v) is 26.1. The van der Waals surface area contributed by atoms with Gasteiger partial charge >= 0.3 is 24.4 Å². The van der Waals surface area contributed by atoms with E-state index >= 15 is 8.78 Å². The van der Waals surface area contributed by atoms with Gasteiger partial charge in [0.1, 0.15) is 29.3 Å². The average Bonchev–Trinajstić information content (AvgIpc) is 4.13. The minimum Gasteiger partial charge on any atom is -0.469 e. The Balaban J connectivity index is 1.15. The van der Waals surface area contributed by atoms with E-state index in [0.29, 0.717) is 62.5 Å². The molecule has 0 spiro atoms. The molecule has 2 aromatic heterocycles. The standard InChI is InChI=1S/C57H64F9N7O8/c1-54(2,56(61,62)63)43(24-50(76)79-5)52(77)69-32-71(18-17-42-44(59)20-36(21-45(42)60)46-15-14-38(58)26-67-46)29-48(75)37(22-47(74)51(70-53(78)80-6)55(3,4)57(64,65)66)19-34-10-7-33(8-11-34)9-12-35-13-16-49(68-25-35)73-28-39-23-40(73)27-72(39)41-30-81-31-41/h7-8,10-11,13-16,20-21,25-26,37,39-41,43,48,51,75H,17-19,22-24,27-32H2,1-6H3,(H,69,77)(H,70,78)/t37-,39-,40-,43-,48+,51-/m1/s1. The Morgan fingerprint density at radius 1 is 0.802 bits per heavy atom. The number of benzene rings is 2. The van der Waals surface area contributed by atoms with Crippen LogP contribution in [0, 0.1) is 52.0 Å². The SMILES string of the molecule is COC(=O)C[C@H](C(=O)NCN(CCc1c(F)cc(-c2ccc(F)cn2)cc1F)C[C@H](O)[C@@H](CC(=O)[C@@H](NC(=O)OC)C(C)(C)C(F)(F)F)Cc1ccc(C#Cc2ccc(N3C[C@H]4C[C@@H]3CN4C3COC3)nc2)cc1)C(C)(C)C(F)(F)F. The highest BCUT2D eigenvalue weighted by molar-refractivity contribution is 5.88. The molecule has 0 unspecified atom stereocenters. The van der Waals surface area contributed by atoms with E-state index in [9.17, 15) is 55.0 Å². The van der Waals surface area contributed by atoms with Gasteiger partial charge < -0.3 is 34.9 Å². The van der Waals surface area contributed by atoms with Gasteiger partial charge in [-0.1, -0.05) is 37.8 Å². The van der Waals surface area contributed by atoms with Crippen LogP contribution in [0.1, 0.15) is 69.2 Å². The van der Waals surface area contributed by atoms with Crippen LogP contribution in [0.3, 0.4) is 0 Å². The van der Waals surface area contributed by atoms with Crippen molar-refractivity contribution in [1.82, 2.24) is 30.4 Å². The summed E-state index contributed by atoms with van der Waals surface area (Å²) in [5.74, 6) is -2.93. The third kappa shape index (κ3) is 14.8. The number of methoxy groups -OCH3 is 2. The summed E-state index contributed by atoms with van der Waals surface area (Å²) in [5.41, 5.74) is -4.67. The maximum atomic E-state index is 15.8. The number of ether oxygens (including phenoxy) is 3. The second-order valence-electron chi connectivity index (χ2n) is 21.8. The number of alkyl carbamates (subject to hydrolysis) is 1. The van der Waals surface area contributed by atoms with Gasteiger partial charge in [0.05, 0.1) is 81.3 Å². The minimum absolute atomic E-state index is 0.0252. The Kier molecular flexibility index (Phi) is 19.5. The Labute approximate surface area is 462 Å². The summed E-state index contributed by atoms with van der Waals surface area (Å²) in [4.78, 5) is 67.3. The number of carbonyl (C=O) groups excluding carboxylic acids is 4. The number of ketones is 1. The zero-order valence-corrected chi connectivity index (χ0v) is 45.4. The molecule has 2 amide bonds. The number of rotatable bonds is 22. The van der Waals surface area contributed by atoms with Gasteiger partial charge in [0.25, 0.3) is 0 Å². The van der Waals surface area contributed by atoms with E-state index in [4.69, 9.17) is 4.74 Å². The number of hydrogen-bond donors (Lipinski definition) is 3. The first kappa shape index (κ1) is 61.8. The monoisotopic (exact) mass is 1150 g/mol. The molecule has 0 saturated carbocycles. The molecule has 15 nitrogen and oxygen atoms in total. The molecule has 6 atom stereocenters. The molecular weight excluding hydrogens is 1080 g/mol. The fourth-order valence-corrected chi connectivity index (χ4v) is 10.3. The number of anilines is 1. The van der Waals surface area contributed by atoms with E-state index in [1.165, 1.54) is 11.0 Å². The van der Waals surface area contributed by atoms with Crippen molar-refractivity contribution >= 4 is 29.6 Å². The molecule has 5 heterocycles. The van der Waals surface area contributed by atoms with Crippen LogP contribution in [-0.2, 0) is 41.4 Å². The molecule has 3 N–H and O–H groups in total. The number of hydrogen-bond acceptors (Lipinski definition) is 13. The number of alkyl halides is 6. The van der Waals surface area contributed by atoms with E-state index in [2.05, 4.69) is 46.4 Å². The summed E-state index contributed by atoms with van der Waals surface area (Å²) >= 11 is 0. The van der Waals surface area contributed by atoms with Crippen molar-refractivity contribution in [3.05, 3.63) is 113 Å². The van der Waals surface area contributed by atoms with Gasteiger partial charge in [-0.05, 0) is 93.1 Å². The number of halogens is 9. The van der Waals surface area contributed by atoms with E-state index < -0.39 is 133 Å². The summed E-state index contributed by atoms with van der Waals surface area (Å²) in [6, 6.07) is 13.4. The van der Waals surface area contributed by atoms with Gasteiger partial charge in [-0.3, -0.25) is 29.2 Å².